The van der Waals surface area contributed by atoms with Gasteiger partial charge in [0.05, 0.1) is 0 Å². The molecule has 6 heteroatoms. The summed E-state index contributed by atoms with van der Waals surface area (Å²) >= 11 is 0. The van der Waals surface area contributed by atoms with Crippen molar-refractivity contribution >= 4 is 5.95 Å². The lowest BCUT2D eigenvalue weighted by Crippen LogP contribution is -2.49. The second-order valence-corrected chi connectivity index (χ2v) is 6.11. The molecule has 128 valence electrons. The minimum Gasteiger partial charge on any atom is -0.491 e. The first-order valence-electron chi connectivity index (χ1n) is 8.32. The Kier molecular flexibility index (Phi) is 5.61. The van der Waals surface area contributed by atoms with E-state index >= 15 is 0 Å². The lowest BCUT2D eigenvalue weighted by molar-refractivity contribution is 0.0662. The first-order valence-corrected chi connectivity index (χ1v) is 8.32. The van der Waals surface area contributed by atoms with E-state index in [4.69, 9.17) is 4.74 Å². The molecule has 6 nitrogen and oxygen atoms in total. The molecule has 1 fully saturated rings. The van der Waals surface area contributed by atoms with Crippen LogP contribution in [0, 0.1) is 6.92 Å². The van der Waals surface area contributed by atoms with Gasteiger partial charge in [-0.2, -0.15) is 0 Å². The monoisotopic (exact) mass is 328 g/mol. The molecule has 0 amide bonds. The first-order chi connectivity index (χ1) is 11.7. The highest BCUT2D eigenvalue weighted by Crippen LogP contribution is 2.13. The fourth-order valence-corrected chi connectivity index (χ4v) is 2.76. The van der Waals surface area contributed by atoms with Crippen LogP contribution >= 0.6 is 0 Å². The number of β-amino-alcohol motifs (C(OH)–C–C–N with tert-alkyl or cyclic N) is 1. The van der Waals surface area contributed by atoms with Crippen molar-refractivity contribution in [2.24, 2.45) is 0 Å². The quantitative estimate of drug-likeness (QED) is 0.864. The fraction of sp³-hybridized carbons (Fsp3) is 0.444. The van der Waals surface area contributed by atoms with E-state index in [2.05, 4.69) is 19.8 Å². The summed E-state index contributed by atoms with van der Waals surface area (Å²) in [6, 6.07) is 9.70. The molecule has 24 heavy (non-hydrogen) atoms. The highest BCUT2D eigenvalue weighted by molar-refractivity contribution is 5.29. The highest BCUT2D eigenvalue weighted by atomic mass is 16.5. The van der Waals surface area contributed by atoms with Gasteiger partial charge in [0.25, 0.3) is 0 Å². The van der Waals surface area contributed by atoms with Crippen molar-refractivity contribution in [3.63, 3.8) is 0 Å². The average molecular weight is 328 g/mol. The van der Waals surface area contributed by atoms with Crippen molar-refractivity contribution in [3.05, 3.63) is 48.3 Å². The number of nitrogens with zero attached hydrogens (tertiary/aromatic N) is 4. The Morgan fingerprint density at radius 1 is 1.08 bits per heavy atom. The van der Waals surface area contributed by atoms with Gasteiger partial charge in [-0.1, -0.05) is 17.7 Å². The van der Waals surface area contributed by atoms with Crippen molar-refractivity contribution in [1.29, 1.82) is 0 Å². The zero-order valence-electron chi connectivity index (χ0n) is 14.0. The number of benzene rings is 1. The summed E-state index contributed by atoms with van der Waals surface area (Å²) in [6.07, 6.45) is 3.03. The van der Waals surface area contributed by atoms with E-state index in [1.165, 1.54) is 5.56 Å². The standard InChI is InChI=1S/C18H24N4O2/c1-15-3-5-17(6-4-15)24-14-16(23)13-21-9-11-22(12-10-21)18-19-7-2-8-20-18/h2-8,16,23H,9-14H2,1H3/t16-/m0/s1. The lowest BCUT2D eigenvalue weighted by atomic mass is 10.2. The van der Waals surface area contributed by atoms with Crippen LogP contribution in [0.15, 0.2) is 42.7 Å². The van der Waals surface area contributed by atoms with Gasteiger partial charge >= 0.3 is 0 Å². The molecule has 3 rings (SSSR count). The number of rotatable bonds is 6. The predicted octanol–water partition coefficient (Wildman–Crippen LogP) is 1.35. The first kappa shape index (κ1) is 16.7. The fourth-order valence-electron chi connectivity index (χ4n) is 2.76. The Hall–Kier alpha value is -2.18. The molecule has 0 saturated carbocycles. The lowest BCUT2D eigenvalue weighted by Gasteiger charge is -2.35. The van der Waals surface area contributed by atoms with Crippen molar-refractivity contribution in [2.75, 3.05) is 44.2 Å². The summed E-state index contributed by atoms with van der Waals surface area (Å²) in [5.74, 6) is 1.58. The van der Waals surface area contributed by atoms with E-state index in [9.17, 15) is 5.11 Å². The summed E-state index contributed by atoms with van der Waals surface area (Å²) in [7, 11) is 0. The third-order valence-corrected chi connectivity index (χ3v) is 4.14. The van der Waals surface area contributed by atoms with Crippen LogP contribution in [-0.2, 0) is 0 Å². The number of aliphatic hydroxyl groups excluding tert-OH is 1. The molecular formula is C18H24N4O2. The minimum absolute atomic E-state index is 0.311. The number of hydrogen-bond donors (Lipinski definition) is 1. The third kappa shape index (κ3) is 4.66. The zero-order chi connectivity index (χ0) is 16.8. The van der Waals surface area contributed by atoms with E-state index in [1.807, 2.05) is 37.3 Å². The van der Waals surface area contributed by atoms with E-state index in [1.54, 1.807) is 12.4 Å². The molecule has 1 aromatic heterocycles. The molecule has 0 aliphatic carbocycles. The van der Waals surface area contributed by atoms with E-state index in [0.717, 1.165) is 37.9 Å². The second-order valence-electron chi connectivity index (χ2n) is 6.11. The van der Waals surface area contributed by atoms with Gasteiger partial charge in [0.2, 0.25) is 5.95 Å². The van der Waals surface area contributed by atoms with Crippen LogP contribution in [0.5, 0.6) is 5.75 Å². The van der Waals surface area contributed by atoms with E-state index in [-0.39, 0.29) is 0 Å². The van der Waals surface area contributed by atoms with Crippen molar-refractivity contribution in [3.8, 4) is 5.75 Å². The van der Waals surface area contributed by atoms with Crippen LogP contribution < -0.4 is 9.64 Å². The van der Waals surface area contributed by atoms with Crippen molar-refractivity contribution < 1.29 is 9.84 Å². The van der Waals surface area contributed by atoms with E-state index < -0.39 is 6.10 Å². The van der Waals surface area contributed by atoms with Crippen LogP contribution in [0.3, 0.4) is 0 Å². The molecule has 0 spiro atoms. The number of hydrogen-bond acceptors (Lipinski definition) is 6. The van der Waals surface area contributed by atoms with Crippen LogP contribution in [0.2, 0.25) is 0 Å². The summed E-state index contributed by atoms with van der Waals surface area (Å²) in [5.41, 5.74) is 1.20. The maximum Gasteiger partial charge on any atom is 0.225 e. The maximum atomic E-state index is 10.2. The molecule has 1 saturated heterocycles. The van der Waals surface area contributed by atoms with Gasteiger partial charge in [-0.25, -0.2) is 9.97 Å². The molecule has 0 bridgehead atoms. The SMILES string of the molecule is Cc1ccc(OC[C@@H](O)CN2CCN(c3ncccn3)CC2)cc1. The maximum absolute atomic E-state index is 10.2. The van der Waals surface area contributed by atoms with E-state index in [0.29, 0.717) is 13.2 Å². The molecule has 1 N–H and O–H groups in total. The van der Waals surface area contributed by atoms with Gasteiger partial charge in [-0.05, 0) is 25.1 Å². The number of aliphatic hydroxyl groups is 1. The highest BCUT2D eigenvalue weighted by Gasteiger charge is 2.20. The van der Waals surface area contributed by atoms with Crippen LogP contribution in [0.25, 0.3) is 0 Å². The number of ether oxygens (including phenoxy) is 1. The Balaban J connectivity index is 1.40. The number of aryl methyl sites for hydroxylation is 1. The number of piperazine rings is 1. The van der Waals surface area contributed by atoms with Gasteiger partial charge in [-0.3, -0.25) is 4.90 Å². The number of anilines is 1. The molecule has 0 radical (unpaired) electrons. The van der Waals surface area contributed by atoms with Gasteiger partial charge in [0.15, 0.2) is 0 Å². The smallest absolute Gasteiger partial charge is 0.225 e. The summed E-state index contributed by atoms with van der Waals surface area (Å²) in [6.45, 7) is 6.49. The third-order valence-electron chi connectivity index (χ3n) is 4.14. The van der Waals surface area contributed by atoms with Crippen LogP contribution in [0.1, 0.15) is 5.56 Å². The molecule has 2 aromatic rings. The van der Waals surface area contributed by atoms with Gasteiger partial charge in [0.1, 0.15) is 18.5 Å². The van der Waals surface area contributed by atoms with Gasteiger partial charge in [-0.15, -0.1) is 0 Å². The van der Waals surface area contributed by atoms with Gasteiger partial charge in [0, 0.05) is 45.1 Å². The molecular weight excluding hydrogens is 304 g/mol. The Morgan fingerprint density at radius 3 is 2.42 bits per heavy atom. The Labute approximate surface area is 142 Å². The normalized spacial score (nSPS) is 16.8. The Morgan fingerprint density at radius 2 is 1.75 bits per heavy atom. The average Bonchev–Trinajstić information content (AvgIpc) is 2.63. The second kappa shape index (κ2) is 8.08. The molecule has 1 aliphatic heterocycles. The topological polar surface area (TPSA) is 61.7 Å². The predicted molar refractivity (Wildman–Crippen MR) is 93.4 cm³/mol. The van der Waals surface area contributed by atoms with Crippen molar-refractivity contribution in [1.82, 2.24) is 14.9 Å². The summed E-state index contributed by atoms with van der Waals surface area (Å²) < 4.78 is 5.65. The summed E-state index contributed by atoms with van der Waals surface area (Å²) in [4.78, 5) is 13.0. The largest absolute Gasteiger partial charge is 0.491 e. The molecule has 1 aromatic carbocycles. The Bertz CT molecular complexity index is 613. The molecule has 2 heterocycles. The van der Waals surface area contributed by atoms with Crippen LogP contribution in [0.4, 0.5) is 5.95 Å². The zero-order valence-corrected chi connectivity index (χ0v) is 14.0. The van der Waals surface area contributed by atoms with Crippen molar-refractivity contribution in [2.45, 2.75) is 13.0 Å². The summed E-state index contributed by atoms with van der Waals surface area (Å²) in [5, 5.41) is 10.2. The van der Waals surface area contributed by atoms with Gasteiger partial charge < -0.3 is 14.7 Å². The molecule has 1 atom stereocenters. The minimum atomic E-state index is -0.495. The molecule has 1 aliphatic rings. The number of aromatic nitrogens is 2. The molecule has 0 unspecified atom stereocenters. The van der Waals surface area contributed by atoms with Crippen LogP contribution in [-0.4, -0.2) is 65.4 Å².